The fourth-order valence-corrected chi connectivity index (χ4v) is 4.74. The van der Waals surface area contributed by atoms with E-state index in [-0.39, 0.29) is 31.1 Å². The SMILES string of the molecule is Cc1cc2nc3c(=O)[nH]c(=O)nc-3n(C[C@H](O)[C@H](O)[C@H](O)CO)c2cc1C.Cc1cn([C@H]2C[C@H](O)[C@@H](CO)O2)c(=O)[nH]c1=O. The largest absolute Gasteiger partial charge is 0.394 e. The van der Waals surface area contributed by atoms with Crippen LogP contribution in [0.25, 0.3) is 22.6 Å². The van der Waals surface area contributed by atoms with Gasteiger partial charge in [0.25, 0.3) is 11.1 Å². The predicted octanol–water partition coefficient (Wildman–Crippen LogP) is -3.24. The first-order valence-corrected chi connectivity index (χ1v) is 13.6. The third kappa shape index (κ3) is 6.68. The van der Waals surface area contributed by atoms with Crippen molar-refractivity contribution in [2.24, 2.45) is 0 Å². The fourth-order valence-electron chi connectivity index (χ4n) is 4.74. The van der Waals surface area contributed by atoms with Gasteiger partial charge in [-0.2, -0.15) is 4.98 Å². The molecule has 4 heterocycles. The molecular formula is C27H34N6O11. The van der Waals surface area contributed by atoms with Crippen LogP contribution in [0.4, 0.5) is 0 Å². The molecular weight excluding hydrogens is 584 g/mol. The average Bonchev–Trinajstić information content (AvgIpc) is 3.35. The van der Waals surface area contributed by atoms with Crippen LogP contribution < -0.4 is 22.5 Å². The molecule has 6 atom stereocenters. The van der Waals surface area contributed by atoms with E-state index in [1.54, 1.807) is 19.1 Å². The molecule has 0 spiro atoms. The lowest BCUT2D eigenvalue weighted by molar-refractivity contribution is -0.0802. The number of aromatic amines is 2. The number of aryl methyl sites for hydroxylation is 3. The van der Waals surface area contributed by atoms with Gasteiger partial charge in [0.05, 0.1) is 36.9 Å². The first-order valence-electron chi connectivity index (χ1n) is 13.6. The molecule has 17 nitrogen and oxygen atoms in total. The molecule has 3 aliphatic rings. The Morgan fingerprint density at radius 2 is 1.64 bits per heavy atom. The van der Waals surface area contributed by atoms with Gasteiger partial charge in [-0.1, -0.05) is 0 Å². The quantitative estimate of drug-likeness (QED) is 0.0948. The molecule has 5 rings (SSSR count). The van der Waals surface area contributed by atoms with Gasteiger partial charge in [0.15, 0.2) is 11.5 Å². The van der Waals surface area contributed by atoms with Gasteiger partial charge >= 0.3 is 11.4 Å². The van der Waals surface area contributed by atoms with Crippen molar-refractivity contribution in [3.05, 3.63) is 76.7 Å². The van der Waals surface area contributed by atoms with Crippen LogP contribution >= 0.6 is 0 Å². The lowest BCUT2D eigenvalue weighted by Gasteiger charge is -2.25. The maximum Gasteiger partial charge on any atom is 0.349 e. The van der Waals surface area contributed by atoms with Crippen LogP contribution in [0, 0.1) is 20.8 Å². The number of hydrogen-bond donors (Lipinski definition) is 8. The second-order valence-corrected chi connectivity index (χ2v) is 10.6. The molecule has 0 bridgehead atoms. The third-order valence-electron chi connectivity index (χ3n) is 7.41. The molecule has 0 unspecified atom stereocenters. The lowest BCUT2D eigenvalue weighted by Crippen LogP contribution is -2.42. The molecule has 0 saturated carbocycles. The summed E-state index contributed by atoms with van der Waals surface area (Å²) in [6.07, 6.45) is -5.26. The summed E-state index contributed by atoms with van der Waals surface area (Å²) in [6, 6.07) is 3.53. The summed E-state index contributed by atoms with van der Waals surface area (Å²) in [5.74, 6) is -0.0516. The van der Waals surface area contributed by atoms with E-state index < -0.39 is 65.9 Å². The Bertz CT molecular complexity index is 1850. The van der Waals surface area contributed by atoms with Gasteiger partial charge in [-0.3, -0.25) is 24.1 Å². The molecule has 0 aliphatic carbocycles. The van der Waals surface area contributed by atoms with Crippen molar-refractivity contribution in [3.8, 4) is 11.5 Å². The van der Waals surface area contributed by atoms with Crippen LogP contribution in [0.5, 0.6) is 0 Å². The summed E-state index contributed by atoms with van der Waals surface area (Å²) in [5, 5.41) is 57.3. The van der Waals surface area contributed by atoms with Crippen LogP contribution in [-0.4, -0.2) is 103 Å². The van der Waals surface area contributed by atoms with Gasteiger partial charge in [0.2, 0.25) is 0 Å². The molecule has 0 amide bonds. The zero-order valence-electron chi connectivity index (χ0n) is 24.0. The number of benzene rings is 1. The highest BCUT2D eigenvalue weighted by molar-refractivity contribution is 5.81. The number of nitrogens with zero attached hydrogens (tertiary/aromatic N) is 4. The van der Waals surface area contributed by atoms with Gasteiger partial charge in [0, 0.05) is 18.2 Å². The second kappa shape index (κ2) is 13.3. The highest BCUT2D eigenvalue weighted by atomic mass is 16.5. The second-order valence-electron chi connectivity index (χ2n) is 10.6. The number of fused-ring (bicyclic) bond motifs is 2. The lowest BCUT2D eigenvalue weighted by atomic mass is 10.1. The number of ether oxygens (including phenoxy) is 1. The van der Waals surface area contributed by atoms with Crippen molar-refractivity contribution >= 4 is 11.0 Å². The maximum absolute atomic E-state index is 12.2. The Labute approximate surface area is 247 Å². The van der Waals surface area contributed by atoms with E-state index in [9.17, 15) is 39.6 Å². The Morgan fingerprint density at radius 3 is 2.27 bits per heavy atom. The van der Waals surface area contributed by atoms with Crippen molar-refractivity contribution in [2.45, 2.75) is 70.5 Å². The molecule has 8 N–H and O–H groups in total. The Kier molecular flexibility index (Phi) is 9.89. The topological polar surface area (TPSA) is 266 Å². The number of rotatable bonds is 7. The molecule has 1 saturated heterocycles. The van der Waals surface area contributed by atoms with Gasteiger partial charge in [0.1, 0.15) is 30.6 Å². The number of H-pyrrole nitrogens is 2. The summed E-state index contributed by atoms with van der Waals surface area (Å²) in [4.78, 5) is 58.9. The maximum atomic E-state index is 12.2. The monoisotopic (exact) mass is 618 g/mol. The summed E-state index contributed by atoms with van der Waals surface area (Å²) in [7, 11) is 0. The average molecular weight is 619 g/mol. The number of aliphatic hydroxyl groups excluding tert-OH is 6. The van der Waals surface area contributed by atoms with Crippen LogP contribution in [-0.2, 0) is 11.3 Å². The van der Waals surface area contributed by atoms with Crippen molar-refractivity contribution in [1.29, 1.82) is 0 Å². The van der Waals surface area contributed by atoms with Crippen LogP contribution in [0.3, 0.4) is 0 Å². The fraction of sp³-hybridized carbons (Fsp3) is 0.481. The molecule has 17 heteroatoms. The van der Waals surface area contributed by atoms with Gasteiger partial charge in [-0.05, 0) is 44.0 Å². The molecule has 2 aromatic rings. The number of nitrogens with one attached hydrogen (secondary N) is 2. The van der Waals surface area contributed by atoms with E-state index in [2.05, 4.69) is 19.9 Å². The molecule has 44 heavy (non-hydrogen) atoms. The standard InChI is InChI=1S/C17H20N4O6.C10H14N2O5/c1-7-3-9-10(4-8(7)2)21(5-11(23)14(25)12(24)6-22)15-13(18-9)16(26)20-17(27)19-15;1-5-3-12(10(16)11-9(5)15)8-2-6(14)7(4-13)17-8/h3-4,11-12,14,22-25H,5-6H2,1-2H3,(H,20,26,27);3,6-8,13-14H,2,4H2,1H3,(H,11,15,16)/t11-,12+,14-;6-,7+,8+/m00/s1. The zero-order valence-corrected chi connectivity index (χ0v) is 24.0. The first-order chi connectivity index (χ1) is 20.7. The Balaban J connectivity index is 0.000000223. The summed E-state index contributed by atoms with van der Waals surface area (Å²) < 4.78 is 7.94. The number of aromatic nitrogens is 6. The van der Waals surface area contributed by atoms with Gasteiger partial charge in [-0.25, -0.2) is 14.6 Å². The molecule has 1 aromatic heterocycles. The minimum atomic E-state index is -1.64. The molecule has 1 aromatic carbocycles. The Morgan fingerprint density at radius 1 is 0.955 bits per heavy atom. The smallest absolute Gasteiger partial charge is 0.349 e. The van der Waals surface area contributed by atoms with E-state index in [1.165, 1.54) is 15.3 Å². The van der Waals surface area contributed by atoms with E-state index >= 15 is 0 Å². The zero-order chi connectivity index (χ0) is 32.5. The van der Waals surface area contributed by atoms with E-state index in [4.69, 9.17) is 14.9 Å². The van der Waals surface area contributed by atoms with E-state index in [1.807, 2.05) is 13.8 Å². The van der Waals surface area contributed by atoms with Crippen molar-refractivity contribution in [3.63, 3.8) is 0 Å². The highest BCUT2D eigenvalue weighted by Gasteiger charge is 2.35. The third-order valence-corrected chi connectivity index (χ3v) is 7.41. The minimum Gasteiger partial charge on any atom is -0.394 e. The van der Waals surface area contributed by atoms with E-state index in [0.717, 1.165) is 11.1 Å². The first kappa shape index (κ1) is 32.8. The molecule has 3 aliphatic heterocycles. The van der Waals surface area contributed by atoms with Gasteiger partial charge < -0.3 is 39.9 Å². The van der Waals surface area contributed by atoms with Crippen LogP contribution in [0.1, 0.15) is 29.3 Å². The van der Waals surface area contributed by atoms with E-state index in [0.29, 0.717) is 16.6 Å². The van der Waals surface area contributed by atoms with Crippen LogP contribution in [0.2, 0.25) is 0 Å². The summed E-state index contributed by atoms with van der Waals surface area (Å²) >= 11 is 0. The molecule has 238 valence electrons. The van der Waals surface area contributed by atoms with Crippen molar-refractivity contribution < 1.29 is 35.4 Å². The molecule has 1 fully saturated rings. The summed E-state index contributed by atoms with van der Waals surface area (Å²) in [5.41, 5.74) is 0.469. The normalized spacial score (nSPS) is 20.3. The van der Waals surface area contributed by atoms with Crippen molar-refractivity contribution in [2.75, 3.05) is 13.2 Å². The number of hydrogen-bond acceptors (Lipinski definition) is 13. The van der Waals surface area contributed by atoms with Crippen LogP contribution in [0.15, 0.2) is 37.5 Å². The molecule has 0 radical (unpaired) electrons. The summed E-state index contributed by atoms with van der Waals surface area (Å²) in [6.45, 7) is 3.99. The predicted molar refractivity (Wildman–Crippen MR) is 153 cm³/mol. The Hall–Kier alpha value is -4.10. The minimum absolute atomic E-state index is 0.0516. The highest BCUT2D eigenvalue weighted by Crippen LogP contribution is 2.27. The number of aliphatic hydroxyl groups is 6. The van der Waals surface area contributed by atoms with Gasteiger partial charge in [-0.15, -0.1) is 0 Å². The van der Waals surface area contributed by atoms with Crippen molar-refractivity contribution in [1.82, 2.24) is 29.1 Å².